The third-order valence-electron chi connectivity index (χ3n) is 4.29. The quantitative estimate of drug-likeness (QED) is 0.876. The molecule has 4 nitrogen and oxygen atoms in total. The monoisotopic (exact) mass is 271 g/mol. The van der Waals surface area contributed by atoms with E-state index >= 15 is 0 Å². The summed E-state index contributed by atoms with van der Waals surface area (Å²) in [6, 6.07) is 0. The van der Waals surface area contributed by atoms with Crippen LogP contribution in [0.3, 0.4) is 0 Å². The lowest BCUT2D eigenvalue weighted by atomic mass is 9.79. The number of rotatable bonds is 4. The number of hydrogen-bond donors (Lipinski definition) is 2. The number of halogens is 1. The molecular weight excluding hydrogens is 250 g/mol. The number of hydrogen-bond acceptors (Lipinski definition) is 3. The second-order valence-electron chi connectivity index (χ2n) is 5.34. The van der Waals surface area contributed by atoms with Crippen LogP contribution in [0.5, 0.6) is 0 Å². The van der Waals surface area contributed by atoms with E-state index in [9.17, 15) is 5.11 Å². The molecule has 2 rings (SSSR count). The molecule has 102 valence electrons. The van der Waals surface area contributed by atoms with Gasteiger partial charge in [-0.1, -0.05) is 24.9 Å². The van der Waals surface area contributed by atoms with Crippen LogP contribution in [0.15, 0.2) is 0 Å². The predicted molar refractivity (Wildman–Crippen MR) is 72.6 cm³/mol. The van der Waals surface area contributed by atoms with Crippen LogP contribution in [0.2, 0.25) is 5.02 Å². The van der Waals surface area contributed by atoms with Crippen LogP contribution in [0.4, 0.5) is 0 Å². The van der Waals surface area contributed by atoms with Crippen molar-refractivity contribution in [3.8, 4) is 0 Å². The third-order valence-corrected chi connectivity index (χ3v) is 4.72. The van der Waals surface area contributed by atoms with Gasteiger partial charge in [0.2, 0.25) is 0 Å². The number of aliphatic hydroxyl groups excluding tert-OH is 1. The highest BCUT2D eigenvalue weighted by molar-refractivity contribution is 6.31. The highest BCUT2D eigenvalue weighted by Gasteiger charge is 2.42. The molecule has 0 saturated heterocycles. The number of nitrogens with zero attached hydrogens (tertiary/aromatic N) is 2. The van der Waals surface area contributed by atoms with Crippen molar-refractivity contribution in [3.05, 3.63) is 16.4 Å². The maximum Gasteiger partial charge on any atom is 0.0849 e. The minimum Gasteiger partial charge on any atom is -0.392 e. The topological polar surface area (TPSA) is 64.1 Å². The van der Waals surface area contributed by atoms with Crippen molar-refractivity contribution >= 4 is 11.6 Å². The number of nitrogens with two attached hydrogens (primary N) is 1. The molecule has 0 radical (unpaired) electrons. The van der Waals surface area contributed by atoms with Crippen LogP contribution >= 0.6 is 11.6 Å². The van der Waals surface area contributed by atoms with E-state index in [0.29, 0.717) is 13.0 Å². The summed E-state index contributed by atoms with van der Waals surface area (Å²) in [4.78, 5) is 0. The van der Waals surface area contributed by atoms with E-state index in [1.54, 1.807) is 0 Å². The molecule has 0 amide bonds. The van der Waals surface area contributed by atoms with E-state index in [2.05, 4.69) is 5.10 Å². The van der Waals surface area contributed by atoms with Crippen molar-refractivity contribution in [1.82, 2.24) is 9.78 Å². The fraction of sp³-hybridized carbons (Fsp3) is 0.769. The highest BCUT2D eigenvalue weighted by atomic mass is 35.5. The van der Waals surface area contributed by atoms with Gasteiger partial charge >= 0.3 is 0 Å². The molecule has 2 unspecified atom stereocenters. The molecular formula is C13H22ClN3O. The Labute approximate surface area is 113 Å². The highest BCUT2D eigenvalue weighted by Crippen LogP contribution is 2.41. The average molecular weight is 272 g/mol. The van der Waals surface area contributed by atoms with Gasteiger partial charge in [-0.15, -0.1) is 0 Å². The van der Waals surface area contributed by atoms with Crippen LogP contribution in [0.25, 0.3) is 0 Å². The zero-order valence-electron chi connectivity index (χ0n) is 11.1. The standard InChI is InChI=1S/C13H22ClN3O/c1-3-9-12(14)10(17(2)16-9)7-13(8-15)6-4-5-11(13)18/h11,18H,3-8,15H2,1-2H3. The van der Waals surface area contributed by atoms with E-state index in [4.69, 9.17) is 17.3 Å². The molecule has 0 bridgehead atoms. The van der Waals surface area contributed by atoms with Crippen molar-refractivity contribution < 1.29 is 5.11 Å². The van der Waals surface area contributed by atoms with E-state index in [-0.39, 0.29) is 11.5 Å². The molecule has 18 heavy (non-hydrogen) atoms. The van der Waals surface area contributed by atoms with Gasteiger partial charge in [-0.2, -0.15) is 5.10 Å². The fourth-order valence-corrected chi connectivity index (χ4v) is 3.34. The molecule has 1 aromatic rings. The second-order valence-corrected chi connectivity index (χ2v) is 5.71. The lowest BCUT2D eigenvalue weighted by molar-refractivity contribution is 0.0575. The van der Waals surface area contributed by atoms with Crippen molar-refractivity contribution in [2.45, 2.75) is 45.1 Å². The molecule has 0 aliphatic heterocycles. The first-order valence-electron chi connectivity index (χ1n) is 6.62. The van der Waals surface area contributed by atoms with Crippen molar-refractivity contribution in [2.24, 2.45) is 18.2 Å². The van der Waals surface area contributed by atoms with Crippen LogP contribution in [-0.4, -0.2) is 27.5 Å². The van der Waals surface area contributed by atoms with Gasteiger partial charge in [-0.05, 0) is 19.3 Å². The summed E-state index contributed by atoms with van der Waals surface area (Å²) in [6.45, 7) is 2.54. The summed E-state index contributed by atoms with van der Waals surface area (Å²) in [5.74, 6) is 0. The Hall–Kier alpha value is -0.580. The Bertz CT molecular complexity index is 432. The Kier molecular flexibility index (Phi) is 3.99. The van der Waals surface area contributed by atoms with Crippen LogP contribution < -0.4 is 5.73 Å². The van der Waals surface area contributed by atoms with Gasteiger partial charge < -0.3 is 10.8 Å². The summed E-state index contributed by atoms with van der Waals surface area (Å²) in [5.41, 5.74) is 7.62. The maximum absolute atomic E-state index is 10.2. The normalized spacial score (nSPS) is 27.9. The lowest BCUT2D eigenvalue weighted by Crippen LogP contribution is -2.40. The molecule has 0 aromatic carbocycles. The van der Waals surface area contributed by atoms with Crippen LogP contribution in [0, 0.1) is 5.41 Å². The largest absolute Gasteiger partial charge is 0.392 e. The van der Waals surface area contributed by atoms with Gasteiger partial charge in [0.05, 0.1) is 22.5 Å². The van der Waals surface area contributed by atoms with Gasteiger partial charge in [0, 0.05) is 25.4 Å². The van der Waals surface area contributed by atoms with Gasteiger partial charge in [0.1, 0.15) is 0 Å². The van der Waals surface area contributed by atoms with E-state index in [1.165, 1.54) is 0 Å². The van der Waals surface area contributed by atoms with Gasteiger partial charge in [0.15, 0.2) is 0 Å². The van der Waals surface area contributed by atoms with Crippen molar-refractivity contribution in [1.29, 1.82) is 0 Å². The average Bonchev–Trinajstić information content (AvgIpc) is 2.85. The van der Waals surface area contributed by atoms with E-state index in [1.807, 2.05) is 18.7 Å². The summed E-state index contributed by atoms with van der Waals surface area (Å²) < 4.78 is 1.84. The van der Waals surface area contributed by atoms with Crippen LogP contribution in [-0.2, 0) is 19.9 Å². The Morgan fingerprint density at radius 1 is 1.61 bits per heavy atom. The SMILES string of the molecule is CCc1nn(C)c(CC2(CN)CCCC2O)c1Cl. The summed E-state index contributed by atoms with van der Waals surface area (Å²) in [5, 5.41) is 15.4. The molecule has 1 fully saturated rings. The Morgan fingerprint density at radius 3 is 2.78 bits per heavy atom. The molecule has 1 saturated carbocycles. The minimum atomic E-state index is -0.321. The summed E-state index contributed by atoms with van der Waals surface area (Å²) >= 11 is 6.37. The third kappa shape index (κ3) is 2.17. The predicted octanol–water partition coefficient (Wildman–Crippen LogP) is 1.67. The Morgan fingerprint density at radius 2 is 2.33 bits per heavy atom. The first-order chi connectivity index (χ1) is 8.54. The number of aromatic nitrogens is 2. The lowest BCUT2D eigenvalue weighted by Gasteiger charge is -2.31. The first kappa shape index (κ1) is 13.8. The van der Waals surface area contributed by atoms with Gasteiger partial charge in [0.25, 0.3) is 0 Å². The van der Waals surface area contributed by atoms with Crippen molar-refractivity contribution in [3.63, 3.8) is 0 Å². The molecule has 3 N–H and O–H groups in total. The van der Waals surface area contributed by atoms with E-state index < -0.39 is 0 Å². The van der Waals surface area contributed by atoms with Gasteiger partial charge in [-0.25, -0.2) is 0 Å². The zero-order chi connectivity index (χ0) is 13.3. The molecule has 1 aliphatic rings. The maximum atomic E-state index is 10.2. The smallest absolute Gasteiger partial charge is 0.0849 e. The number of aliphatic hydroxyl groups is 1. The Balaban J connectivity index is 2.30. The molecule has 1 aliphatic carbocycles. The summed E-state index contributed by atoms with van der Waals surface area (Å²) in [6.07, 6.45) is 4.06. The first-order valence-corrected chi connectivity index (χ1v) is 7.00. The molecule has 2 atom stereocenters. The minimum absolute atomic E-state index is 0.220. The fourth-order valence-electron chi connectivity index (χ4n) is 2.98. The number of aryl methyl sites for hydroxylation is 2. The van der Waals surface area contributed by atoms with Crippen LogP contribution in [0.1, 0.15) is 37.6 Å². The second kappa shape index (κ2) is 5.19. The molecule has 1 aromatic heterocycles. The van der Waals surface area contributed by atoms with Gasteiger partial charge in [-0.3, -0.25) is 4.68 Å². The van der Waals surface area contributed by atoms with Crippen molar-refractivity contribution in [2.75, 3.05) is 6.54 Å². The molecule has 0 spiro atoms. The zero-order valence-corrected chi connectivity index (χ0v) is 11.9. The molecule has 1 heterocycles. The van der Waals surface area contributed by atoms with E-state index in [0.717, 1.165) is 42.1 Å². The molecule has 5 heteroatoms. The summed E-state index contributed by atoms with van der Waals surface area (Å²) in [7, 11) is 1.91.